The van der Waals surface area contributed by atoms with Crippen LogP contribution in [0.2, 0.25) is 0 Å². The van der Waals surface area contributed by atoms with Crippen LogP contribution in [0.3, 0.4) is 0 Å². The van der Waals surface area contributed by atoms with Gasteiger partial charge in [0.1, 0.15) is 5.60 Å². The molecule has 0 bridgehead atoms. The molecule has 3 atom stereocenters. The van der Waals surface area contributed by atoms with Crippen molar-refractivity contribution < 1.29 is 18.6 Å². The molecule has 1 saturated carbocycles. The van der Waals surface area contributed by atoms with Crippen molar-refractivity contribution in [2.75, 3.05) is 12.8 Å². The van der Waals surface area contributed by atoms with Crippen LogP contribution in [0.4, 0.5) is 4.79 Å². The van der Waals surface area contributed by atoms with Crippen molar-refractivity contribution in [3.63, 3.8) is 0 Å². The summed E-state index contributed by atoms with van der Waals surface area (Å²) in [6, 6.07) is 0.236. The molecule has 1 amide bonds. The standard InChI is InChI=1S/C16H30NO4P/c1-5-20-22(19)11-7-6-8-13-9-10-14(12-13)17-15(18)21-16(2,3)4/h13-14H,5-12H2,1-4H3/p+1/t13-,14+/m0/s1. The van der Waals surface area contributed by atoms with Crippen LogP contribution in [0.15, 0.2) is 0 Å². The Labute approximate surface area is 135 Å². The average molecular weight is 332 g/mol. The van der Waals surface area contributed by atoms with Gasteiger partial charge in [0, 0.05) is 6.04 Å². The summed E-state index contributed by atoms with van der Waals surface area (Å²) >= 11 is 0. The molecule has 6 heteroatoms. The monoisotopic (exact) mass is 332 g/mol. The molecule has 0 spiro atoms. The smallest absolute Gasteiger partial charge is 0.444 e. The van der Waals surface area contributed by atoms with Gasteiger partial charge in [-0.2, -0.15) is 0 Å². The Morgan fingerprint density at radius 2 is 2.00 bits per heavy atom. The van der Waals surface area contributed by atoms with Crippen LogP contribution in [0.1, 0.15) is 66.2 Å². The van der Waals surface area contributed by atoms with Gasteiger partial charge < -0.3 is 10.1 Å². The van der Waals surface area contributed by atoms with E-state index >= 15 is 0 Å². The lowest BCUT2D eigenvalue weighted by Gasteiger charge is -2.21. The minimum atomic E-state index is -1.46. The van der Waals surface area contributed by atoms with Crippen LogP contribution < -0.4 is 5.32 Å². The van der Waals surface area contributed by atoms with Crippen molar-refractivity contribution >= 4 is 14.1 Å². The van der Waals surface area contributed by atoms with Crippen LogP contribution in [0.5, 0.6) is 0 Å². The Morgan fingerprint density at radius 3 is 2.64 bits per heavy atom. The summed E-state index contributed by atoms with van der Waals surface area (Å²) in [5, 5.41) is 2.96. The maximum atomic E-state index is 11.7. The Morgan fingerprint density at radius 1 is 1.27 bits per heavy atom. The molecule has 0 aromatic rings. The highest BCUT2D eigenvalue weighted by atomic mass is 31.1. The third-order valence-corrected chi connectivity index (χ3v) is 4.97. The highest BCUT2D eigenvalue weighted by Gasteiger charge is 2.27. The lowest BCUT2D eigenvalue weighted by molar-refractivity contribution is 0.0504. The first-order chi connectivity index (χ1) is 10.3. The SMILES string of the molecule is CCO[P+](=O)CCCC[C@H]1CC[C@@H](NC(=O)OC(C)(C)C)C1. The third kappa shape index (κ3) is 8.70. The van der Waals surface area contributed by atoms with E-state index < -0.39 is 13.6 Å². The first-order valence-corrected chi connectivity index (χ1v) is 9.73. The van der Waals surface area contributed by atoms with Gasteiger partial charge in [-0.05, 0) is 70.3 Å². The second-order valence-corrected chi connectivity index (χ2v) is 8.36. The van der Waals surface area contributed by atoms with Crippen LogP contribution >= 0.6 is 8.03 Å². The Hall–Kier alpha value is -0.670. The van der Waals surface area contributed by atoms with Gasteiger partial charge in [-0.3, -0.25) is 0 Å². The van der Waals surface area contributed by atoms with Crippen LogP contribution in [0, 0.1) is 5.92 Å². The molecule has 0 saturated heterocycles. The molecule has 0 heterocycles. The van der Waals surface area contributed by atoms with Crippen LogP contribution in [-0.2, 0) is 13.8 Å². The molecule has 0 radical (unpaired) electrons. The zero-order chi connectivity index (χ0) is 16.6. The molecule has 0 aromatic heterocycles. The molecule has 128 valence electrons. The van der Waals surface area contributed by atoms with E-state index in [1.54, 1.807) is 0 Å². The fraction of sp³-hybridized carbons (Fsp3) is 0.938. The van der Waals surface area contributed by atoms with Crippen molar-refractivity contribution in [2.45, 2.75) is 77.9 Å². The zero-order valence-electron chi connectivity index (χ0n) is 14.4. The minimum Gasteiger partial charge on any atom is -0.444 e. The summed E-state index contributed by atoms with van der Waals surface area (Å²) < 4.78 is 21.7. The molecule has 1 unspecified atom stereocenters. The maximum Gasteiger partial charge on any atom is 0.508 e. The van der Waals surface area contributed by atoms with Crippen molar-refractivity contribution in [2.24, 2.45) is 5.92 Å². The Bertz CT molecular complexity index is 368. The largest absolute Gasteiger partial charge is 0.508 e. The third-order valence-electron chi connectivity index (χ3n) is 3.74. The first kappa shape index (κ1) is 19.4. The summed E-state index contributed by atoms with van der Waals surface area (Å²) in [5.41, 5.74) is -0.445. The Kier molecular flexibility index (Phi) is 8.34. The van der Waals surface area contributed by atoms with Crippen molar-refractivity contribution in [1.82, 2.24) is 5.32 Å². The Balaban J connectivity index is 2.13. The summed E-state index contributed by atoms with van der Waals surface area (Å²) in [7, 11) is -1.46. The fourth-order valence-electron chi connectivity index (χ4n) is 2.82. The number of rotatable bonds is 8. The summed E-state index contributed by atoms with van der Waals surface area (Å²) in [4.78, 5) is 11.7. The van der Waals surface area contributed by atoms with E-state index in [9.17, 15) is 9.36 Å². The molecule has 5 nitrogen and oxygen atoms in total. The van der Waals surface area contributed by atoms with Gasteiger partial charge >= 0.3 is 14.1 Å². The first-order valence-electron chi connectivity index (χ1n) is 8.37. The lowest BCUT2D eigenvalue weighted by atomic mass is 10.0. The predicted octanol–water partition coefficient (Wildman–Crippen LogP) is 4.63. The van der Waals surface area contributed by atoms with Gasteiger partial charge in [-0.1, -0.05) is 6.42 Å². The number of ether oxygens (including phenoxy) is 1. The molecule has 1 rings (SSSR count). The van der Waals surface area contributed by atoms with E-state index in [-0.39, 0.29) is 12.1 Å². The van der Waals surface area contributed by atoms with Crippen LogP contribution in [-0.4, -0.2) is 30.5 Å². The molecule has 1 aliphatic rings. The van der Waals surface area contributed by atoms with Gasteiger partial charge in [0.15, 0.2) is 6.16 Å². The van der Waals surface area contributed by atoms with E-state index in [1.165, 1.54) is 0 Å². The summed E-state index contributed by atoms with van der Waals surface area (Å²) in [6.45, 7) is 8.00. The number of amides is 1. The molecular weight excluding hydrogens is 301 g/mol. The van der Waals surface area contributed by atoms with Gasteiger partial charge in [-0.15, -0.1) is 4.52 Å². The van der Waals surface area contributed by atoms with E-state index in [0.29, 0.717) is 18.7 Å². The van der Waals surface area contributed by atoms with E-state index in [4.69, 9.17) is 9.26 Å². The number of carbonyl (C=O) groups excluding carboxylic acids is 1. The quantitative estimate of drug-likeness (QED) is 0.520. The van der Waals surface area contributed by atoms with Crippen LogP contribution in [0.25, 0.3) is 0 Å². The number of alkyl carbamates (subject to hydrolysis) is 1. The normalized spacial score (nSPS) is 22.5. The summed E-state index contributed by atoms with van der Waals surface area (Å²) in [5.74, 6) is 0.657. The number of hydrogen-bond donors (Lipinski definition) is 1. The van der Waals surface area contributed by atoms with Crippen molar-refractivity contribution in [3.05, 3.63) is 0 Å². The van der Waals surface area contributed by atoms with Crippen molar-refractivity contribution in [1.29, 1.82) is 0 Å². The molecule has 0 aromatic carbocycles. The molecule has 0 aliphatic heterocycles. The molecular formula is C16H31NO4P+. The predicted molar refractivity (Wildman–Crippen MR) is 88.4 cm³/mol. The van der Waals surface area contributed by atoms with Gasteiger partial charge in [0.05, 0.1) is 6.61 Å². The zero-order valence-corrected chi connectivity index (χ0v) is 15.3. The fourth-order valence-corrected chi connectivity index (χ4v) is 3.72. The van der Waals surface area contributed by atoms with Gasteiger partial charge in [0.25, 0.3) is 0 Å². The minimum absolute atomic E-state index is 0.236. The molecule has 1 aliphatic carbocycles. The van der Waals surface area contributed by atoms with Gasteiger partial charge in [0.2, 0.25) is 0 Å². The van der Waals surface area contributed by atoms with E-state index in [0.717, 1.165) is 38.5 Å². The number of nitrogens with one attached hydrogen (secondary N) is 1. The second kappa shape index (κ2) is 9.46. The number of unbranched alkanes of at least 4 members (excludes halogenated alkanes) is 1. The molecule has 1 N–H and O–H groups in total. The topological polar surface area (TPSA) is 64.6 Å². The highest BCUT2D eigenvalue weighted by molar-refractivity contribution is 7.39. The highest BCUT2D eigenvalue weighted by Crippen LogP contribution is 2.31. The maximum absolute atomic E-state index is 11.7. The van der Waals surface area contributed by atoms with Crippen molar-refractivity contribution in [3.8, 4) is 0 Å². The van der Waals surface area contributed by atoms with Gasteiger partial charge in [-0.25, -0.2) is 4.79 Å². The van der Waals surface area contributed by atoms with E-state index in [1.807, 2.05) is 27.7 Å². The number of carbonyl (C=O) groups is 1. The second-order valence-electron chi connectivity index (χ2n) is 6.99. The lowest BCUT2D eigenvalue weighted by Crippen LogP contribution is -2.37. The molecule has 1 fully saturated rings. The average Bonchev–Trinajstić information content (AvgIpc) is 2.80. The number of hydrogen-bond acceptors (Lipinski definition) is 4. The van der Waals surface area contributed by atoms with E-state index in [2.05, 4.69) is 5.32 Å². The molecule has 22 heavy (non-hydrogen) atoms. The summed E-state index contributed by atoms with van der Waals surface area (Å²) in [6.07, 6.45) is 6.73.